The smallest absolute Gasteiger partial charge is 0.274 e. The summed E-state index contributed by atoms with van der Waals surface area (Å²) >= 11 is 0. The second kappa shape index (κ2) is 3.69. The summed E-state index contributed by atoms with van der Waals surface area (Å²) in [6, 6.07) is 0.103. The van der Waals surface area contributed by atoms with Crippen LogP contribution in [0.4, 0.5) is 0 Å². The highest BCUT2D eigenvalue weighted by Gasteiger charge is 2.23. The Hall–Kier alpha value is -0.170. The molecule has 6 heteroatoms. The van der Waals surface area contributed by atoms with E-state index in [1.807, 2.05) is 6.92 Å². The fourth-order valence-corrected chi connectivity index (χ4v) is 2.16. The first kappa shape index (κ1) is 9.91. The van der Waals surface area contributed by atoms with Crippen LogP contribution in [0.5, 0.6) is 0 Å². The lowest BCUT2D eigenvalue weighted by Gasteiger charge is -2.29. The number of hydrogen-bond donors (Lipinski definition) is 3. The van der Waals surface area contributed by atoms with Gasteiger partial charge in [-0.25, -0.2) is 5.14 Å². The van der Waals surface area contributed by atoms with E-state index in [4.69, 9.17) is 5.14 Å². The van der Waals surface area contributed by atoms with E-state index in [0.717, 1.165) is 19.4 Å². The van der Waals surface area contributed by atoms with Crippen LogP contribution in [-0.2, 0) is 10.2 Å². The first-order valence-corrected chi connectivity index (χ1v) is 5.57. The highest BCUT2D eigenvalue weighted by Crippen LogP contribution is 2.08. The zero-order valence-corrected chi connectivity index (χ0v) is 7.89. The van der Waals surface area contributed by atoms with Crippen LogP contribution in [-0.4, -0.2) is 27.0 Å². The van der Waals surface area contributed by atoms with E-state index in [0.29, 0.717) is 0 Å². The molecule has 4 N–H and O–H groups in total. The molecule has 12 heavy (non-hydrogen) atoms. The van der Waals surface area contributed by atoms with Crippen molar-refractivity contribution in [3.8, 4) is 0 Å². The van der Waals surface area contributed by atoms with Gasteiger partial charge in [-0.2, -0.15) is 13.1 Å². The second-order valence-corrected chi connectivity index (χ2v) is 4.48. The number of nitrogens with one attached hydrogen (secondary N) is 2. The van der Waals surface area contributed by atoms with Crippen LogP contribution in [0.25, 0.3) is 0 Å². The Bertz CT molecular complexity index is 239. The average molecular weight is 193 g/mol. The largest absolute Gasteiger partial charge is 0.313 e. The van der Waals surface area contributed by atoms with Gasteiger partial charge in [0, 0.05) is 12.1 Å². The fourth-order valence-electron chi connectivity index (χ4n) is 1.42. The van der Waals surface area contributed by atoms with Crippen LogP contribution in [0, 0.1) is 0 Å². The molecule has 0 aromatic heterocycles. The summed E-state index contributed by atoms with van der Waals surface area (Å²) in [7, 11) is -3.55. The number of nitrogens with two attached hydrogens (primary N) is 1. The molecule has 1 rings (SSSR count). The molecule has 0 aliphatic carbocycles. The summed E-state index contributed by atoms with van der Waals surface area (Å²) in [4.78, 5) is 0. The minimum atomic E-state index is -3.55. The van der Waals surface area contributed by atoms with E-state index < -0.39 is 10.2 Å². The summed E-state index contributed by atoms with van der Waals surface area (Å²) in [5.74, 6) is 0. The van der Waals surface area contributed by atoms with Crippen molar-refractivity contribution >= 4 is 10.2 Å². The van der Waals surface area contributed by atoms with Crippen molar-refractivity contribution in [2.45, 2.75) is 31.8 Å². The lowest BCUT2D eigenvalue weighted by Crippen LogP contribution is -2.53. The molecule has 2 atom stereocenters. The van der Waals surface area contributed by atoms with E-state index in [9.17, 15) is 8.42 Å². The van der Waals surface area contributed by atoms with Crippen LogP contribution in [0.2, 0.25) is 0 Å². The lowest BCUT2D eigenvalue weighted by molar-refractivity contribution is 0.349. The molecule has 1 heterocycles. The van der Waals surface area contributed by atoms with Gasteiger partial charge in [0.1, 0.15) is 0 Å². The first-order chi connectivity index (χ1) is 5.49. The monoisotopic (exact) mass is 193 g/mol. The van der Waals surface area contributed by atoms with E-state index in [2.05, 4.69) is 10.0 Å². The Morgan fingerprint density at radius 1 is 1.58 bits per heavy atom. The van der Waals surface area contributed by atoms with Crippen molar-refractivity contribution in [3.05, 3.63) is 0 Å². The van der Waals surface area contributed by atoms with Gasteiger partial charge in [0.15, 0.2) is 0 Å². The predicted octanol–water partition coefficient (Wildman–Crippen LogP) is -1.08. The molecule has 0 aromatic rings. The van der Waals surface area contributed by atoms with Gasteiger partial charge in [-0.15, -0.1) is 0 Å². The van der Waals surface area contributed by atoms with E-state index >= 15 is 0 Å². The molecule has 2 unspecified atom stereocenters. The highest BCUT2D eigenvalue weighted by molar-refractivity contribution is 7.87. The van der Waals surface area contributed by atoms with Gasteiger partial charge < -0.3 is 5.32 Å². The summed E-state index contributed by atoms with van der Waals surface area (Å²) in [5.41, 5.74) is 0. The molecular formula is C6H15N3O2S. The van der Waals surface area contributed by atoms with Gasteiger partial charge in [-0.3, -0.25) is 0 Å². The summed E-state index contributed by atoms with van der Waals surface area (Å²) in [6.45, 7) is 2.89. The molecule has 1 aliphatic heterocycles. The third kappa shape index (κ3) is 3.06. The molecule has 1 aliphatic rings. The molecule has 5 nitrogen and oxygen atoms in total. The molecule has 0 amide bonds. The van der Waals surface area contributed by atoms with Crippen LogP contribution >= 0.6 is 0 Å². The van der Waals surface area contributed by atoms with Crippen LogP contribution < -0.4 is 15.2 Å². The van der Waals surface area contributed by atoms with Crippen molar-refractivity contribution < 1.29 is 8.42 Å². The molecule has 0 bridgehead atoms. The second-order valence-electron chi connectivity index (χ2n) is 3.15. The van der Waals surface area contributed by atoms with Crippen molar-refractivity contribution in [2.75, 3.05) is 6.54 Å². The van der Waals surface area contributed by atoms with Crippen LogP contribution in [0.3, 0.4) is 0 Å². The summed E-state index contributed by atoms with van der Waals surface area (Å²) in [6.07, 6.45) is 1.84. The Labute approximate surface area is 72.9 Å². The zero-order chi connectivity index (χ0) is 9.19. The zero-order valence-electron chi connectivity index (χ0n) is 7.08. The molecular weight excluding hydrogens is 178 g/mol. The van der Waals surface area contributed by atoms with E-state index in [-0.39, 0.29) is 12.1 Å². The van der Waals surface area contributed by atoms with Crippen molar-refractivity contribution in [3.63, 3.8) is 0 Å². The van der Waals surface area contributed by atoms with Crippen LogP contribution in [0.15, 0.2) is 0 Å². The Morgan fingerprint density at radius 2 is 2.25 bits per heavy atom. The minimum absolute atomic E-state index is 0.0613. The highest BCUT2D eigenvalue weighted by atomic mass is 32.2. The van der Waals surface area contributed by atoms with E-state index in [1.54, 1.807) is 0 Å². The molecule has 1 fully saturated rings. The van der Waals surface area contributed by atoms with Crippen molar-refractivity contribution in [1.29, 1.82) is 0 Å². The molecule has 0 radical (unpaired) electrons. The van der Waals surface area contributed by atoms with Gasteiger partial charge in [-0.05, 0) is 26.3 Å². The summed E-state index contributed by atoms with van der Waals surface area (Å²) < 4.78 is 23.8. The topological polar surface area (TPSA) is 84.2 Å². The maximum atomic E-state index is 10.7. The average Bonchev–Trinajstić information content (AvgIpc) is 1.91. The summed E-state index contributed by atoms with van der Waals surface area (Å²) in [5, 5.41) is 8.03. The molecule has 72 valence electrons. The third-order valence-corrected chi connectivity index (χ3v) is 2.71. The Kier molecular flexibility index (Phi) is 3.05. The molecule has 1 saturated heterocycles. The maximum absolute atomic E-state index is 10.7. The van der Waals surface area contributed by atoms with Crippen molar-refractivity contribution in [2.24, 2.45) is 5.14 Å². The van der Waals surface area contributed by atoms with Crippen LogP contribution in [0.1, 0.15) is 19.8 Å². The lowest BCUT2D eigenvalue weighted by atomic mass is 10.0. The number of rotatable bonds is 2. The fraction of sp³-hybridized carbons (Fsp3) is 1.00. The standard InChI is InChI=1S/C6H15N3O2S/c1-5-6(3-2-4-8-5)9-12(7,10)11/h5-6,8-9H,2-4H2,1H3,(H2,7,10,11). The van der Waals surface area contributed by atoms with Gasteiger partial charge in [0.25, 0.3) is 10.2 Å². The molecule has 0 saturated carbocycles. The van der Waals surface area contributed by atoms with E-state index in [1.165, 1.54) is 0 Å². The van der Waals surface area contributed by atoms with Gasteiger partial charge in [0.05, 0.1) is 0 Å². The maximum Gasteiger partial charge on any atom is 0.274 e. The Balaban J connectivity index is 2.50. The SMILES string of the molecule is CC1NCCCC1NS(N)(=O)=O. The van der Waals surface area contributed by atoms with Gasteiger partial charge in [-0.1, -0.05) is 0 Å². The normalized spacial score (nSPS) is 31.8. The Morgan fingerprint density at radius 3 is 2.75 bits per heavy atom. The third-order valence-electron chi connectivity index (χ3n) is 2.08. The minimum Gasteiger partial charge on any atom is -0.313 e. The predicted molar refractivity (Wildman–Crippen MR) is 46.7 cm³/mol. The van der Waals surface area contributed by atoms with Gasteiger partial charge >= 0.3 is 0 Å². The molecule has 0 spiro atoms. The molecule has 0 aromatic carbocycles. The number of hydrogen-bond acceptors (Lipinski definition) is 3. The first-order valence-electron chi connectivity index (χ1n) is 4.02. The van der Waals surface area contributed by atoms with Gasteiger partial charge in [0.2, 0.25) is 0 Å². The number of piperidine rings is 1. The van der Waals surface area contributed by atoms with Crippen molar-refractivity contribution in [1.82, 2.24) is 10.0 Å². The quantitative estimate of drug-likeness (QED) is 0.521.